The van der Waals surface area contributed by atoms with E-state index in [1.54, 1.807) is 5.23 Å². The molecule has 1 heterocycles. The van der Waals surface area contributed by atoms with Gasteiger partial charge in [-0.2, -0.15) is 0 Å². The second kappa shape index (κ2) is 5.95. The molecule has 1 atom stereocenters. The summed E-state index contributed by atoms with van der Waals surface area (Å²) >= 11 is 0. The van der Waals surface area contributed by atoms with Gasteiger partial charge in [-0.1, -0.05) is 18.6 Å². The van der Waals surface area contributed by atoms with Gasteiger partial charge in [0.2, 0.25) is 8.32 Å². The molecule has 0 amide bonds. The van der Waals surface area contributed by atoms with Crippen molar-refractivity contribution in [2.75, 3.05) is 0 Å². The lowest BCUT2D eigenvalue weighted by molar-refractivity contribution is -0.341. The Hall–Kier alpha value is -0.493. The van der Waals surface area contributed by atoms with E-state index in [0.29, 0.717) is 12.2 Å². The minimum atomic E-state index is -1.73. The molecule has 120 valence electrons. The van der Waals surface area contributed by atoms with Gasteiger partial charge >= 0.3 is 0 Å². The van der Waals surface area contributed by atoms with Crippen molar-refractivity contribution < 1.29 is 14.2 Å². The van der Waals surface area contributed by atoms with Gasteiger partial charge in [-0.3, -0.25) is 9.63 Å². The Bertz CT molecular complexity index is 451. The summed E-state index contributed by atoms with van der Waals surface area (Å²) in [5.41, 5.74) is 1.72. The van der Waals surface area contributed by atoms with Crippen LogP contribution in [-0.4, -0.2) is 31.0 Å². The van der Waals surface area contributed by atoms with Crippen LogP contribution in [0.3, 0.4) is 0 Å². The highest BCUT2D eigenvalue weighted by Gasteiger charge is 2.50. The molecule has 0 spiro atoms. The SMILES string of the molecule is CCCCC1=C2C(CCC1=O)N(O[Si](C)(C)C)OC2(C)C. The monoisotopic (exact) mass is 311 g/mol. The molecule has 0 aromatic rings. The van der Waals surface area contributed by atoms with Crippen LogP contribution < -0.4 is 0 Å². The fourth-order valence-corrected chi connectivity index (χ4v) is 3.91. The van der Waals surface area contributed by atoms with Crippen molar-refractivity contribution in [1.29, 1.82) is 0 Å². The van der Waals surface area contributed by atoms with Crippen molar-refractivity contribution >= 4 is 14.1 Å². The summed E-state index contributed by atoms with van der Waals surface area (Å²) in [4.78, 5) is 18.4. The lowest BCUT2D eigenvalue weighted by atomic mass is 9.78. The van der Waals surface area contributed by atoms with Crippen LogP contribution in [0.25, 0.3) is 0 Å². The second-order valence-electron chi connectivity index (χ2n) is 7.56. The number of ketones is 1. The molecular formula is C16H29NO3Si. The molecular weight excluding hydrogens is 282 g/mol. The van der Waals surface area contributed by atoms with Crippen LogP contribution in [0.5, 0.6) is 0 Å². The van der Waals surface area contributed by atoms with Crippen molar-refractivity contribution in [2.45, 2.75) is 84.2 Å². The van der Waals surface area contributed by atoms with Gasteiger partial charge < -0.3 is 4.53 Å². The number of fused-ring (bicyclic) bond motifs is 1. The summed E-state index contributed by atoms with van der Waals surface area (Å²) in [6, 6.07) is 0.108. The smallest absolute Gasteiger partial charge is 0.215 e. The van der Waals surface area contributed by atoms with Gasteiger partial charge in [0, 0.05) is 6.42 Å². The number of carbonyl (C=O) groups is 1. The van der Waals surface area contributed by atoms with Crippen molar-refractivity contribution in [2.24, 2.45) is 0 Å². The Morgan fingerprint density at radius 3 is 2.62 bits per heavy atom. The number of allylic oxidation sites excluding steroid dienone is 1. The van der Waals surface area contributed by atoms with Crippen LogP contribution in [-0.2, 0) is 14.2 Å². The third kappa shape index (κ3) is 3.64. The maximum absolute atomic E-state index is 12.4. The normalized spacial score (nSPS) is 26.4. The fourth-order valence-electron chi connectivity index (χ4n) is 3.21. The number of nitrogens with zero attached hydrogens (tertiary/aromatic N) is 1. The highest BCUT2D eigenvalue weighted by atomic mass is 28.4. The van der Waals surface area contributed by atoms with E-state index in [9.17, 15) is 4.79 Å². The third-order valence-corrected chi connectivity index (χ3v) is 4.73. The zero-order valence-electron chi connectivity index (χ0n) is 14.3. The highest BCUT2D eigenvalue weighted by molar-refractivity contribution is 6.69. The van der Waals surface area contributed by atoms with E-state index >= 15 is 0 Å². The van der Waals surface area contributed by atoms with Crippen LogP contribution in [0.15, 0.2) is 11.1 Å². The number of hydrogen-bond donors (Lipinski definition) is 0. The van der Waals surface area contributed by atoms with Gasteiger partial charge in [0.1, 0.15) is 5.60 Å². The van der Waals surface area contributed by atoms with Gasteiger partial charge in [0.25, 0.3) is 0 Å². The molecule has 1 aliphatic carbocycles. The first kappa shape index (κ1) is 16.9. The van der Waals surface area contributed by atoms with Gasteiger partial charge in [-0.05, 0) is 63.9 Å². The molecule has 1 aliphatic heterocycles. The Labute approximate surface area is 129 Å². The van der Waals surface area contributed by atoms with Gasteiger partial charge in [0.15, 0.2) is 5.78 Å². The largest absolute Gasteiger partial charge is 0.321 e. The van der Waals surface area contributed by atoms with Gasteiger partial charge in [0.05, 0.1) is 6.04 Å². The van der Waals surface area contributed by atoms with Crippen LogP contribution in [0, 0.1) is 0 Å². The third-order valence-electron chi connectivity index (χ3n) is 4.01. The van der Waals surface area contributed by atoms with Crippen molar-refractivity contribution in [3.05, 3.63) is 11.1 Å². The average Bonchev–Trinajstić information content (AvgIpc) is 2.57. The molecule has 21 heavy (non-hydrogen) atoms. The molecule has 0 radical (unpaired) electrons. The minimum absolute atomic E-state index is 0.108. The van der Waals surface area contributed by atoms with Crippen LogP contribution in [0.4, 0.5) is 0 Å². The predicted molar refractivity (Wildman–Crippen MR) is 86.0 cm³/mol. The summed E-state index contributed by atoms with van der Waals surface area (Å²) in [7, 11) is -1.73. The topological polar surface area (TPSA) is 38.8 Å². The van der Waals surface area contributed by atoms with E-state index in [2.05, 4.69) is 26.6 Å². The van der Waals surface area contributed by atoms with Crippen LogP contribution in [0.1, 0.15) is 52.9 Å². The van der Waals surface area contributed by atoms with Crippen LogP contribution >= 0.6 is 0 Å². The first-order chi connectivity index (χ1) is 9.65. The Balaban J connectivity index is 2.34. The molecule has 0 aromatic heterocycles. The fraction of sp³-hybridized carbons (Fsp3) is 0.812. The molecule has 4 nitrogen and oxygen atoms in total. The summed E-state index contributed by atoms with van der Waals surface area (Å²) in [6.45, 7) is 12.7. The van der Waals surface area contributed by atoms with E-state index in [1.165, 1.54) is 0 Å². The van der Waals surface area contributed by atoms with Gasteiger partial charge in [-0.15, -0.1) is 0 Å². The Morgan fingerprint density at radius 1 is 1.38 bits per heavy atom. The summed E-state index contributed by atoms with van der Waals surface area (Å²) in [5.74, 6) is 0.307. The van der Waals surface area contributed by atoms with E-state index in [0.717, 1.165) is 36.8 Å². The molecule has 1 saturated heterocycles. The maximum Gasteiger partial charge on any atom is 0.215 e. The van der Waals surface area contributed by atoms with Gasteiger partial charge in [-0.25, -0.2) is 0 Å². The molecule has 0 saturated carbocycles. The van der Waals surface area contributed by atoms with E-state index < -0.39 is 13.9 Å². The lowest BCUT2D eigenvalue weighted by Crippen LogP contribution is -2.41. The van der Waals surface area contributed by atoms with E-state index in [1.807, 2.05) is 13.8 Å². The molecule has 2 aliphatic rings. The van der Waals surface area contributed by atoms with Crippen LogP contribution in [0.2, 0.25) is 19.6 Å². The van der Waals surface area contributed by atoms with Crippen molar-refractivity contribution in [3.63, 3.8) is 0 Å². The Kier molecular flexibility index (Phi) is 4.78. The molecule has 2 rings (SSSR count). The number of hydrogen-bond acceptors (Lipinski definition) is 4. The summed E-state index contributed by atoms with van der Waals surface area (Å²) in [6.07, 6.45) is 4.44. The maximum atomic E-state index is 12.4. The zero-order valence-corrected chi connectivity index (χ0v) is 15.3. The second-order valence-corrected chi connectivity index (χ2v) is 12.0. The molecule has 1 unspecified atom stereocenters. The minimum Gasteiger partial charge on any atom is -0.321 e. The summed E-state index contributed by atoms with van der Waals surface area (Å²) in [5, 5.41) is 1.71. The number of unbranched alkanes of at least 4 members (excludes halogenated alkanes) is 1. The quantitative estimate of drug-likeness (QED) is 0.719. The molecule has 1 fully saturated rings. The van der Waals surface area contributed by atoms with E-state index in [4.69, 9.17) is 9.36 Å². The van der Waals surface area contributed by atoms with E-state index in [-0.39, 0.29) is 6.04 Å². The number of carbonyl (C=O) groups excluding carboxylic acids is 1. The standard InChI is InChI=1S/C16H29NO3Si/c1-7-8-9-12-14(18)11-10-13-15(12)16(2,3)19-17(13)20-21(4,5)6/h13H,7-11H2,1-6H3. The molecule has 0 aromatic carbocycles. The van der Waals surface area contributed by atoms with Crippen molar-refractivity contribution in [3.8, 4) is 0 Å². The number of rotatable bonds is 5. The predicted octanol–water partition coefficient (Wildman–Crippen LogP) is 4.00. The zero-order chi connectivity index (χ0) is 15.8. The molecule has 0 bridgehead atoms. The first-order valence-electron chi connectivity index (χ1n) is 8.10. The first-order valence-corrected chi connectivity index (χ1v) is 11.5. The lowest BCUT2D eigenvalue weighted by Gasteiger charge is -2.30. The number of Topliss-reactive ketones (excluding diaryl/α,β-unsaturated/α-hetero) is 1. The molecule has 5 heteroatoms. The Morgan fingerprint density at radius 2 is 2.05 bits per heavy atom. The average molecular weight is 311 g/mol. The van der Waals surface area contributed by atoms with Crippen molar-refractivity contribution in [1.82, 2.24) is 5.23 Å². The summed E-state index contributed by atoms with van der Waals surface area (Å²) < 4.78 is 6.10. The number of hydroxylamine groups is 2. The molecule has 0 N–H and O–H groups in total. The highest BCUT2D eigenvalue weighted by Crippen LogP contribution is 2.44.